The number of aromatic nitrogens is 2. The zero-order valence-corrected chi connectivity index (χ0v) is 9.74. The van der Waals surface area contributed by atoms with Gasteiger partial charge in [0.05, 0.1) is 11.7 Å². The van der Waals surface area contributed by atoms with E-state index in [0.29, 0.717) is 6.04 Å². The normalized spacial score (nSPS) is 19.6. The van der Waals surface area contributed by atoms with Crippen LogP contribution < -0.4 is 5.32 Å². The number of nitrogens with one attached hydrogen (secondary N) is 1. The van der Waals surface area contributed by atoms with Crippen LogP contribution in [0.5, 0.6) is 0 Å². The van der Waals surface area contributed by atoms with Gasteiger partial charge in [0.2, 0.25) is 0 Å². The topological polar surface area (TPSA) is 29.9 Å². The van der Waals surface area contributed by atoms with Crippen molar-refractivity contribution in [2.45, 2.75) is 51.6 Å². The van der Waals surface area contributed by atoms with E-state index < -0.39 is 0 Å². The summed E-state index contributed by atoms with van der Waals surface area (Å²) in [6.45, 7) is 5.29. The van der Waals surface area contributed by atoms with Crippen molar-refractivity contribution in [3.8, 4) is 0 Å². The van der Waals surface area contributed by atoms with E-state index >= 15 is 0 Å². The maximum absolute atomic E-state index is 4.43. The average Bonchev–Trinajstić information content (AvgIpc) is 2.84. The molecule has 1 aliphatic carbocycles. The van der Waals surface area contributed by atoms with Gasteiger partial charge in [0.1, 0.15) is 0 Å². The Morgan fingerprint density at radius 3 is 2.87 bits per heavy atom. The lowest BCUT2D eigenvalue weighted by molar-refractivity contribution is 0.414. The van der Waals surface area contributed by atoms with Gasteiger partial charge in [0, 0.05) is 18.8 Å². The molecule has 0 aromatic carbocycles. The number of rotatable bonds is 4. The van der Waals surface area contributed by atoms with Gasteiger partial charge in [0.25, 0.3) is 0 Å². The molecule has 2 rings (SSSR count). The van der Waals surface area contributed by atoms with Crippen molar-refractivity contribution >= 4 is 0 Å². The van der Waals surface area contributed by atoms with Crippen LogP contribution >= 0.6 is 0 Å². The molecule has 0 bridgehead atoms. The van der Waals surface area contributed by atoms with Crippen molar-refractivity contribution in [2.75, 3.05) is 6.54 Å². The summed E-state index contributed by atoms with van der Waals surface area (Å²) in [5.74, 6) is 0. The van der Waals surface area contributed by atoms with Crippen LogP contribution in [0.1, 0.15) is 44.3 Å². The van der Waals surface area contributed by atoms with Crippen LogP contribution in [0.2, 0.25) is 0 Å². The minimum atomic E-state index is 0.458. The van der Waals surface area contributed by atoms with Crippen molar-refractivity contribution in [1.29, 1.82) is 0 Å². The molecule has 0 amide bonds. The molecule has 1 aromatic heterocycles. The maximum Gasteiger partial charge on any atom is 0.0615 e. The van der Waals surface area contributed by atoms with E-state index in [9.17, 15) is 0 Å². The molecule has 1 aliphatic rings. The van der Waals surface area contributed by atoms with Crippen molar-refractivity contribution in [2.24, 2.45) is 0 Å². The molecule has 1 atom stereocenters. The van der Waals surface area contributed by atoms with Crippen LogP contribution in [-0.2, 0) is 0 Å². The summed E-state index contributed by atoms with van der Waals surface area (Å²) in [7, 11) is 0. The molecule has 0 radical (unpaired) electrons. The van der Waals surface area contributed by atoms with Gasteiger partial charge in [-0.15, -0.1) is 0 Å². The summed E-state index contributed by atoms with van der Waals surface area (Å²) in [6.07, 6.45) is 7.56. The highest BCUT2D eigenvalue weighted by Gasteiger charge is 2.15. The molecule has 1 unspecified atom stereocenters. The molecule has 0 aliphatic heterocycles. The van der Waals surface area contributed by atoms with E-state index in [1.165, 1.54) is 25.7 Å². The van der Waals surface area contributed by atoms with E-state index in [4.69, 9.17) is 0 Å². The molecule has 1 aromatic rings. The second-order valence-corrected chi connectivity index (χ2v) is 4.68. The maximum atomic E-state index is 4.43. The molecule has 3 heteroatoms. The van der Waals surface area contributed by atoms with Crippen molar-refractivity contribution in [1.82, 2.24) is 15.1 Å². The molecule has 0 spiro atoms. The molecule has 84 valence electrons. The predicted molar refractivity (Wildman–Crippen MR) is 61.9 cm³/mol. The molecule has 15 heavy (non-hydrogen) atoms. The van der Waals surface area contributed by atoms with Crippen LogP contribution in [0.4, 0.5) is 0 Å². The largest absolute Gasteiger partial charge is 0.312 e. The Morgan fingerprint density at radius 2 is 2.27 bits per heavy atom. The van der Waals surface area contributed by atoms with Crippen LogP contribution in [0.3, 0.4) is 0 Å². The van der Waals surface area contributed by atoms with Crippen molar-refractivity contribution < 1.29 is 0 Å². The molecular formula is C12H21N3. The van der Waals surface area contributed by atoms with Crippen molar-refractivity contribution in [3.05, 3.63) is 18.0 Å². The fraction of sp³-hybridized carbons (Fsp3) is 0.750. The predicted octanol–water partition coefficient (Wildman–Crippen LogP) is 2.28. The van der Waals surface area contributed by atoms with E-state index in [-0.39, 0.29) is 0 Å². The van der Waals surface area contributed by atoms with Gasteiger partial charge >= 0.3 is 0 Å². The average molecular weight is 207 g/mol. The fourth-order valence-corrected chi connectivity index (χ4v) is 2.24. The quantitative estimate of drug-likeness (QED) is 0.821. The van der Waals surface area contributed by atoms with Gasteiger partial charge in [0.15, 0.2) is 0 Å². The summed E-state index contributed by atoms with van der Waals surface area (Å²) < 4.78 is 2.05. The first kappa shape index (κ1) is 10.7. The zero-order chi connectivity index (χ0) is 10.7. The minimum Gasteiger partial charge on any atom is -0.312 e. The third-order valence-corrected chi connectivity index (χ3v) is 3.25. The molecule has 3 nitrogen and oxygen atoms in total. The second kappa shape index (κ2) is 4.79. The Hall–Kier alpha value is -0.830. The first-order valence-corrected chi connectivity index (χ1v) is 6.01. The van der Waals surface area contributed by atoms with Gasteiger partial charge in [-0.05, 0) is 32.8 Å². The standard InChI is InChI=1S/C12H21N3/c1-10-7-8-15(14-10)11(2)9-13-12-5-3-4-6-12/h7-8,11-13H,3-6,9H2,1-2H3. The summed E-state index contributed by atoms with van der Waals surface area (Å²) in [4.78, 5) is 0. The van der Waals surface area contributed by atoms with E-state index in [1.807, 2.05) is 6.92 Å². The number of nitrogens with zero attached hydrogens (tertiary/aromatic N) is 2. The second-order valence-electron chi connectivity index (χ2n) is 4.68. The van der Waals surface area contributed by atoms with Gasteiger partial charge in [-0.3, -0.25) is 4.68 Å². The highest BCUT2D eigenvalue weighted by molar-refractivity contribution is 4.96. The van der Waals surface area contributed by atoms with Gasteiger partial charge in [-0.1, -0.05) is 12.8 Å². The first-order valence-electron chi connectivity index (χ1n) is 6.01. The lowest BCUT2D eigenvalue weighted by Gasteiger charge is -2.17. The molecule has 0 saturated heterocycles. The van der Waals surface area contributed by atoms with E-state index in [1.54, 1.807) is 0 Å². The Morgan fingerprint density at radius 1 is 1.53 bits per heavy atom. The number of aryl methyl sites for hydroxylation is 1. The molecule has 1 N–H and O–H groups in total. The summed E-state index contributed by atoms with van der Waals surface area (Å²) in [5.41, 5.74) is 1.10. The van der Waals surface area contributed by atoms with Gasteiger partial charge < -0.3 is 5.32 Å². The van der Waals surface area contributed by atoms with Crippen LogP contribution in [-0.4, -0.2) is 22.4 Å². The zero-order valence-electron chi connectivity index (χ0n) is 9.74. The van der Waals surface area contributed by atoms with Crippen LogP contribution in [0.15, 0.2) is 12.3 Å². The minimum absolute atomic E-state index is 0.458. The summed E-state index contributed by atoms with van der Waals surface area (Å²) in [6, 6.07) is 3.27. The highest BCUT2D eigenvalue weighted by Crippen LogP contribution is 2.18. The Bertz CT molecular complexity index is 300. The Balaban J connectivity index is 1.79. The Kier molecular flexibility index (Phi) is 3.41. The molecule has 1 fully saturated rings. The fourth-order valence-electron chi connectivity index (χ4n) is 2.24. The smallest absolute Gasteiger partial charge is 0.0615 e. The first-order chi connectivity index (χ1) is 7.25. The highest BCUT2D eigenvalue weighted by atomic mass is 15.3. The van der Waals surface area contributed by atoms with Gasteiger partial charge in [-0.25, -0.2) is 0 Å². The van der Waals surface area contributed by atoms with Crippen molar-refractivity contribution in [3.63, 3.8) is 0 Å². The van der Waals surface area contributed by atoms with Gasteiger partial charge in [-0.2, -0.15) is 5.10 Å². The molecule has 1 heterocycles. The number of hydrogen-bond donors (Lipinski definition) is 1. The summed E-state index contributed by atoms with van der Waals surface area (Å²) in [5, 5.41) is 8.06. The third-order valence-electron chi connectivity index (χ3n) is 3.25. The summed E-state index contributed by atoms with van der Waals surface area (Å²) >= 11 is 0. The molecular weight excluding hydrogens is 186 g/mol. The SMILES string of the molecule is Cc1ccn(C(C)CNC2CCCC2)n1. The monoisotopic (exact) mass is 207 g/mol. The lowest BCUT2D eigenvalue weighted by Crippen LogP contribution is -2.31. The van der Waals surface area contributed by atoms with E-state index in [0.717, 1.165) is 18.3 Å². The third kappa shape index (κ3) is 2.81. The molecule has 1 saturated carbocycles. The number of hydrogen-bond acceptors (Lipinski definition) is 2. The lowest BCUT2D eigenvalue weighted by atomic mass is 10.2. The van der Waals surface area contributed by atoms with Crippen LogP contribution in [0.25, 0.3) is 0 Å². The Labute approximate surface area is 91.9 Å². The van der Waals surface area contributed by atoms with E-state index in [2.05, 4.69) is 34.3 Å². The van der Waals surface area contributed by atoms with Crippen LogP contribution in [0, 0.1) is 6.92 Å².